The van der Waals surface area contributed by atoms with Crippen molar-refractivity contribution < 1.29 is 4.74 Å². The summed E-state index contributed by atoms with van der Waals surface area (Å²) in [7, 11) is 0. The molecule has 1 aromatic rings. The number of anilines is 1. The number of hydrogen-bond acceptors (Lipinski definition) is 5. The fraction of sp³-hybridized carbons (Fsp3) is 0.714. The summed E-state index contributed by atoms with van der Waals surface area (Å²) in [5.41, 5.74) is 2.00. The van der Waals surface area contributed by atoms with Gasteiger partial charge in [0.05, 0.1) is 6.10 Å². The van der Waals surface area contributed by atoms with Crippen molar-refractivity contribution in [3.05, 3.63) is 17.5 Å². The summed E-state index contributed by atoms with van der Waals surface area (Å²) in [5, 5.41) is 6.59. The predicted octanol–water partition coefficient (Wildman–Crippen LogP) is 1.66. The molecule has 106 valence electrons. The van der Waals surface area contributed by atoms with Crippen molar-refractivity contribution >= 4 is 5.95 Å². The van der Waals surface area contributed by atoms with Gasteiger partial charge in [-0.3, -0.25) is 0 Å². The van der Waals surface area contributed by atoms with Crippen LogP contribution in [0.15, 0.2) is 6.07 Å². The molecule has 0 amide bonds. The van der Waals surface area contributed by atoms with Gasteiger partial charge in [-0.25, -0.2) is 9.97 Å². The first-order valence-corrected chi connectivity index (χ1v) is 7.12. The number of aryl methyl sites for hydroxylation is 2. The third-order valence-electron chi connectivity index (χ3n) is 3.23. The van der Waals surface area contributed by atoms with Crippen LogP contribution < -0.4 is 10.6 Å². The van der Waals surface area contributed by atoms with E-state index in [2.05, 4.69) is 20.6 Å². The molecule has 5 heteroatoms. The van der Waals surface area contributed by atoms with Crippen molar-refractivity contribution in [1.29, 1.82) is 0 Å². The minimum atomic E-state index is 0.443. The average molecular weight is 264 g/mol. The Morgan fingerprint density at radius 2 is 1.95 bits per heavy atom. The second kappa shape index (κ2) is 7.40. The molecule has 0 unspecified atom stereocenters. The second-order valence-corrected chi connectivity index (χ2v) is 5.07. The van der Waals surface area contributed by atoms with Crippen LogP contribution in [0.4, 0.5) is 5.95 Å². The summed E-state index contributed by atoms with van der Waals surface area (Å²) in [6.07, 6.45) is 3.69. The molecule has 1 fully saturated rings. The van der Waals surface area contributed by atoms with Crippen LogP contribution in [-0.2, 0) is 4.74 Å². The van der Waals surface area contributed by atoms with Crippen LogP contribution in [0.3, 0.4) is 0 Å². The van der Waals surface area contributed by atoms with Crippen molar-refractivity contribution in [1.82, 2.24) is 15.3 Å². The van der Waals surface area contributed by atoms with Crippen LogP contribution in [0.2, 0.25) is 0 Å². The molecular formula is C14H24N4O. The van der Waals surface area contributed by atoms with E-state index in [9.17, 15) is 0 Å². The Morgan fingerprint density at radius 3 is 2.63 bits per heavy atom. The zero-order valence-corrected chi connectivity index (χ0v) is 11.9. The van der Waals surface area contributed by atoms with Gasteiger partial charge in [0.15, 0.2) is 0 Å². The number of nitrogens with zero attached hydrogens (tertiary/aromatic N) is 2. The van der Waals surface area contributed by atoms with E-state index in [4.69, 9.17) is 4.74 Å². The molecular weight excluding hydrogens is 240 g/mol. The fourth-order valence-electron chi connectivity index (χ4n) is 2.29. The maximum Gasteiger partial charge on any atom is 0.223 e. The number of nitrogens with one attached hydrogen (secondary N) is 2. The van der Waals surface area contributed by atoms with E-state index in [0.29, 0.717) is 6.10 Å². The Bertz CT molecular complexity index is 371. The molecule has 1 saturated heterocycles. The first-order chi connectivity index (χ1) is 9.24. The van der Waals surface area contributed by atoms with Gasteiger partial charge in [-0.2, -0.15) is 0 Å². The van der Waals surface area contributed by atoms with Crippen molar-refractivity contribution in [3.8, 4) is 0 Å². The van der Waals surface area contributed by atoms with Crippen LogP contribution in [0.5, 0.6) is 0 Å². The third kappa shape index (κ3) is 5.12. The Hall–Kier alpha value is -1.20. The lowest BCUT2D eigenvalue weighted by molar-refractivity contribution is 0.0329. The molecule has 0 aromatic carbocycles. The van der Waals surface area contributed by atoms with Crippen LogP contribution in [-0.4, -0.2) is 42.3 Å². The number of rotatable bonds is 6. The largest absolute Gasteiger partial charge is 0.378 e. The molecule has 2 heterocycles. The molecule has 0 atom stereocenters. The first-order valence-electron chi connectivity index (χ1n) is 7.12. The van der Waals surface area contributed by atoms with Crippen molar-refractivity contribution in [2.75, 3.05) is 31.6 Å². The summed E-state index contributed by atoms with van der Waals surface area (Å²) in [6, 6.07) is 1.98. The van der Waals surface area contributed by atoms with Gasteiger partial charge in [0, 0.05) is 24.5 Å². The zero-order chi connectivity index (χ0) is 13.5. The van der Waals surface area contributed by atoms with Crippen LogP contribution in [0, 0.1) is 13.8 Å². The lowest BCUT2D eigenvalue weighted by Gasteiger charge is -2.22. The lowest BCUT2D eigenvalue weighted by atomic mass is 10.1. The normalized spacial score (nSPS) is 16.5. The molecule has 1 aliphatic rings. The van der Waals surface area contributed by atoms with Crippen molar-refractivity contribution in [2.24, 2.45) is 0 Å². The monoisotopic (exact) mass is 264 g/mol. The van der Waals surface area contributed by atoms with E-state index in [1.807, 2.05) is 19.9 Å². The third-order valence-corrected chi connectivity index (χ3v) is 3.23. The highest BCUT2D eigenvalue weighted by Gasteiger charge is 2.12. The molecule has 0 spiro atoms. The van der Waals surface area contributed by atoms with Gasteiger partial charge in [-0.1, -0.05) is 0 Å². The van der Waals surface area contributed by atoms with Gasteiger partial charge in [0.25, 0.3) is 0 Å². The summed E-state index contributed by atoms with van der Waals surface area (Å²) < 4.78 is 5.85. The Balaban J connectivity index is 1.60. The number of piperidine rings is 1. The highest BCUT2D eigenvalue weighted by molar-refractivity contribution is 5.27. The molecule has 2 rings (SSSR count). The molecule has 0 aliphatic carbocycles. The number of ether oxygens (including phenoxy) is 1. The van der Waals surface area contributed by atoms with Gasteiger partial charge in [0.1, 0.15) is 0 Å². The minimum absolute atomic E-state index is 0.443. The maximum atomic E-state index is 5.85. The summed E-state index contributed by atoms with van der Waals surface area (Å²) in [6.45, 7) is 7.80. The van der Waals surface area contributed by atoms with Crippen LogP contribution in [0.25, 0.3) is 0 Å². The predicted molar refractivity (Wildman–Crippen MR) is 76.5 cm³/mol. The second-order valence-electron chi connectivity index (χ2n) is 5.07. The Morgan fingerprint density at radius 1 is 1.26 bits per heavy atom. The Kier molecular flexibility index (Phi) is 5.54. The van der Waals surface area contributed by atoms with Crippen LogP contribution in [0.1, 0.15) is 30.7 Å². The topological polar surface area (TPSA) is 59.1 Å². The van der Waals surface area contributed by atoms with Crippen molar-refractivity contribution in [2.45, 2.75) is 39.2 Å². The van der Waals surface area contributed by atoms with Crippen molar-refractivity contribution in [3.63, 3.8) is 0 Å². The van der Waals surface area contributed by atoms with Gasteiger partial charge < -0.3 is 15.4 Å². The fourth-order valence-corrected chi connectivity index (χ4v) is 2.29. The Labute approximate surface area is 115 Å². The lowest BCUT2D eigenvalue weighted by Crippen LogP contribution is -2.32. The van der Waals surface area contributed by atoms with E-state index in [0.717, 1.165) is 62.8 Å². The van der Waals surface area contributed by atoms with E-state index < -0.39 is 0 Å². The minimum Gasteiger partial charge on any atom is -0.378 e. The number of aromatic nitrogens is 2. The van der Waals surface area contributed by atoms with Gasteiger partial charge in [-0.15, -0.1) is 0 Å². The van der Waals surface area contributed by atoms with Gasteiger partial charge >= 0.3 is 0 Å². The molecule has 1 aromatic heterocycles. The molecule has 0 radical (unpaired) electrons. The smallest absolute Gasteiger partial charge is 0.223 e. The summed E-state index contributed by atoms with van der Waals surface area (Å²) >= 11 is 0. The van der Waals surface area contributed by atoms with E-state index >= 15 is 0 Å². The molecule has 2 N–H and O–H groups in total. The standard InChI is InChI=1S/C14H24N4O/c1-11-10-12(2)18-14(17-11)16-6-3-9-19-13-4-7-15-8-5-13/h10,13,15H,3-9H2,1-2H3,(H,16,17,18). The summed E-state index contributed by atoms with van der Waals surface area (Å²) in [5.74, 6) is 0.722. The SMILES string of the molecule is Cc1cc(C)nc(NCCCOC2CCNCC2)n1. The molecule has 0 bridgehead atoms. The highest BCUT2D eigenvalue weighted by Crippen LogP contribution is 2.08. The number of hydrogen-bond donors (Lipinski definition) is 2. The van der Waals surface area contributed by atoms with Gasteiger partial charge in [0.2, 0.25) is 5.95 Å². The first kappa shape index (κ1) is 14.2. The zero-order valence-electron chi connectivity index (χ0n) is 11.9. The van der Waals surface area contributed by atoms with E-state index in [-0.39, 0.29) is 0 Å². The quantitative estimate of drug-likeness (QED) is 0.765. The summed E-state index contributed by atoms with van der Waals surface area (Å²) in [4.78, 5) is 8.70. The molecule has 0 saturated carbocycles. The van der Waals surface area contributed by atoms with E-state index in [1.165, 1.54) is 0 Å². The van der Waals surface area contributed by atoms with E-state index in [1.54, 1.807) is 0 Å². The van der Waals surface area contributed by atoms with Gasteiger partial charge in [-0.05, 0) is 52.3 Å². The maximum absolute atomic E-state index is 5.85. The highest BCUT2D eigenvalue weighted by atomic mass is 16.5. The molecule has 19 heavy (non-hydrogen) atoms. The molecule has 1 aliphatic heterocycles. The molecule has 5 nitrogen and oxygen atoms in total. The van der Waals surface area contributed by atoms with Crippen LogP contribution >= 0.6 is 0 Å². The average Bonchev–Trinajstić information content (AvgIpc) is 2.38.